The van der Waals surface area contributed by atoms with Crippen LogP contribution in [0.2, 0.25) is 0 Å². The molecule has 2 unspecified atom stereocenters. The van der Waals surface area contributed by atoms with Gasteiger partial charge >= 0.3 is 0 Å². The number of benzene rings is 1. The fourth-order valence-electron chi connectivity index (χ4n) is 2.60. The van der Waals surface area contributed by atoms with Crippen LogP contribution in [0.15, 0.2) is 24.3 Å². The van der Waals surface area contributed by atoms with Gasteiger partial charge in [0.05, 0.1) is 4.92 Å². The van der Waals surface area contributed by atoms with Crippen molar-refractivity contribution in [1.29, 1.82) is 0 Å². The molecule has 0 radical (unpaired) electrons. The summed E-state index contributed by atoms with van der Waals surface area (Å²) in [5.41, 5.74) is 5.16. The molecule has 0 aromatic heterocycles. The Morgan fingerprint density at radius 3 is 2.42 bits per heavy atom. The molecule has 1 rings (SSSR count). The number of hydrogen-bond acceptors (Lipinski definition) is 5. The Hall–Kier alpha value is -2.19. The maximum Gasteiger partial charge on any atom is 0.270 e. The molecule has 1 aromatic carbocycles. The van der Waals surface area contributed by atoms with E-state index >= 15 is 0 Å². The average Bonchev–Trinajstić information content (AvgIpc) is 2.53. The van der Waals surface area contributed by atoms with Gasteiger partial charge in [-0.1, -0.05) is 19.9 Å². The van der Waals surface area contributed by atoms with E-state index in [9.17, 15) is 19.7 Å². The number of halogens is 1. The average molecular weight is 387 g/mol. The Morgan fingerprint density at radius 2 is 1.92 bits per heavy atom. The Labute approximate surface area is 159 Å². The van der Waals surface area contributed by atoms with E-state index in [4.69, 9.17) is 5.73 Å². The molecule has 2 atom stereocenters. The second-order valence-corrected chi connectivity index (χ2v) is 6.85. The molecule has 0 fully saturated rings. The number of nitrogens with two attached hydrogens (primary N) is 1. The predicted molar refractivity (Wildman–Crippen MR) is 102 cm³/mol. The van der Waals surface area contributed by atoms with Crippen molar-refractivity contribution in [3.63, 3.8) is 0 Å². The van der Waals surface area contributed by atoms with E-state index in [1.807, 2.05) is 20.8 Å². The van der Waals surface area contributed by atoms with E-state index in [2.05, 4.69) is 10.6 Å². The Kier molecular flexibility index (Phi) is 9.23. The van der Waals surface area contributed by atoms with Crippen LogP contribution in [-0.4, -0.2) is 34.9 Å². The molecule has 9 heteroatoms. The molecule has 0 saturated heterocycles. The number of nitro benzene ring substituents is 1. The van der Waals surface area contributed by atoms with Gasteiger partial charge < -0.3 is 16.4 Å². The molecule has 8 nitrogen and oxygen atoms in total. The summed E-state index contributed by atoms with van der Waals surface area (Å²) in [4.78, 5) is 34.8. The lowest BCUT2D eigenvalue weighted by molar-refractivity contribution is -0.384. The third-order valence-electron chi connectivity index (χ3n) is 3.79. The number of nitrogens with one attached hydrogen (secondary N) is 2. The highest BCUT2D eigenvalue weighted by molar-refractivity contribution is 5.97. The number of carbonyl (C=O) groups is 2. The van der Waals surface area contributed by atoms with E-state index in [1.165, 1.54) is 24.3 Å². The highest BCUT2D eigenvalue weighted by Gasteiger charge is 2.28. The first kappa shape index (κ1) is 23.8. The number of carbonyl (C=O) groups excluding carboxylic acids is 2. The SMILES string of the molecule is CC(C)CC(C)(CN)NC(=O)C(C)NC(=O)c1cccc([N+](=O)[O-])c1.Cl. The molecule has 0 aliphatic heterocycles. The molecule has 0 aliphatic carbocycles. The fraction of sp³-hybridized carbons (Fsp3) is 0.529. The van der Waals surface area contributed by atoms with Crippen molar-refractivity contribution < 1.29 is 14.5 Å². The molecule has 0 spiro atoms. The third-order valence-corrected chi connectivity index (χ3v) is 3.79. The topological polar surface area (TPSA) is 127 Å². The summed E-state index contributed by atoms with van der Waals surface area (Å²) in [5.74, 6) is -0.555. The largest absolute Gasteiger partial charge is 0.348 e. The van der Waals surface area contributed by atoms with Gasteiger partial charge in [-0.05, 0) is 32.3 Å². The zero-order chi connectivity index (χ0) is 19.2. The highest BCUT2D eigenvalue weighted by Crippen LogP contribution is 2.16. The second-order valence-electron chi connectivity index (χ2n) is 6.85. The van der Waals surface area contributed by atoms with E-state index in [0.29, 0.717) is 12.3 Å². The molecule has 26 heavy (non-hydrogen) atoms. The standard InChI is InChI=1S/C17H26N4O4.ClH/c1-11(2)9-17(4,10-18)20-15(22)12(3)19-16(23)13-6-5-7-14(8-13)21(24)25;/h5-8,11-12H,9-10,18H2,1-4H3,(H,19,23)(H,20,22);1H. The van der Waals surface area contributed by atoms with Crippen LogP contribution in [0.25, 0.3) is 0 Å². The summed E-state index contributed by atoms with van der Waals surface area (Å²) in [6.45, 7) is 7.76. The van der Waals surface area contributed by atoms with Gasteiger partial charge in [0.1, 0.15) is 6.04 Å². The van der Waals surface area contributed by atoms with Crippen LogP contribution in [0, 0.1) is 16.0 Å². The van der Waals surface area contributed by atoms with Crippen molar-refractivity contribution in [3.05, 3.63) is 39.9 Å². The maximum atomic E-state index is 12.4. The second kappa shape index (κ2) is 10.1. The van der Waals surface area contributed by atoms with Crippen molar-refractivity contribution in [2.75, 3.05) is 6.54 Å². The first-order valence-corrected chi connectivity index (χ1v) is 8.15. The number of nitro groups is 1. The van der Waals surface area contributed by atoms with E-state index in [0.717, 1.165) is 0 Å². The van der Waals surface area contributed by atoms with Crippen LogP contribution in [0.1, 0.15) is 44.5 Å². The third kappa shape index (κ3) is 6.97. The molecule has 0 bridgehead atoms. The lowest BCUT2D eigenvalue weighted by atomic mass is 9.90. The van der Waals surface area contributed by atoms with Crippen LogP contribution >= 0.6 is 12.4 Å². The van der Waals surface area contributed by atoms with Crippen LogP contribution in [0.5, 0.6) is 0 Å². The summed E-state index contributed by atoms with van der Waals surface area (Å²) >= 11 is 0. The van der Waals surface area contributed by atoms with Gasteiger partial charge in [-0.2, -0.15) is 0 Å². The zero-order valence-corrected chi connectivity index (χ0v) is 16.3. The monoisotopic (exact) mass is 386 g/mol. The lowest BCUT2D eigenvalue weighted by Gasteiger charge is -2.32. The Balaban J connectivity index is 0.00000625. The summed E-state index contributed by atoms with van der Waals surface area (Å²) in [7, 11) is 0. The van der Waals surface area contributed by atoms with Gasteiger partial charge in [0.15, 0.2) is 0 Å². The number of nitrogens with zero attached hydrogens (tertiary/aromatic N) is 1. The molecule has 0 aliphatic rings. The fourth-order valence-corrected chi connectivity index (χ4v) is 2.60. The minimum absolute atomic E-state index is 0. The van der Waals surface area contributed by atoms with Gasteiger partial charge in [-0.15, -0.1) is 12.4 Å². The van der Waals surface area contributed by atoms with Crippen LogP contribution < -0.4 is 16.4 Å². The van der Waals surface area contributed by atoms with E-state index < -0.39 is 22.4 Å². The van der Waals surface area contributed by atoms with Gasteiger partial charge in [-0.25, -0.2) is 0 Å². The van der Waals surface area contributed by atoms with Crippen molar-refractivity contribution >= 4 is 29.9 Å². The number of non-ortho nitro benzene ring substituents is 1. The smallest absolute Gasteiger partial charge is 0.270 e. The normalized spacial score (nSPS) is 13.9. The van der Waals surface area contributed by atoms with Crippen molar-refractivity contribution in [2.24, 2.45) is 11.7 Å². The van der Waals surface area contributed by atoms with Crippen molar-refractivity contribution in [1.82, 2.24) is 10.6 Å². The van der Waals surface area contributed by atoms with Crippen molar-refractivity contribution in [3.8, 4) is 0 Å². The van der Waals surface area contributed by atoms with E-state index in [1.54, 1.807) is 6.92 Å². The molecule has 0 heterocycles. The minimum Gasteiger partial charge on any atom is -0.348 e. The molecule has 2 amide bonds. The van der Waals surface area contributed by atoms with E-state index in [-0.39, 0.29) is 36.1 Å². The quantitative estimate of drug-likeness (QED) is 0.465. The molecular formula is C17H27ClN4O4. The Bertz CT molecular complexity index is 653. The number of hydrogen-bond donors (Lipinski definition) is 3. The van der Waals surface area contributed by atoms with Crippen LogP contribution in [-0.2, 0) is 4.79 Å². The van der Waals surface area contributed by atoms with Gasteiger partial charge in [-0.3, -0.25) is 19.7 Å². The number of amides is 2. The molecule has 0 saturated carbocycles. The summed E-state index contributed by atoms with van der Waals surface area (Å²) in [6.07, 6.45) is 0.709. The predicted octanol–water partition coefficient (Wildman–Crippen LogP) is 2.01. The molecular weight excluding hydrogens is 360 g/mol. The van der Waals surface area contributed by atoms with Crippen molar-refractivity contribution in [2.45, 2.75) is 45.7 Å². The lowest BCUT2D eigenvalue weighted by Crippen LogP contribution is -2.57. The minimum atomic E-state index is -0.801. The maximum absolute atomic E-state index is 12.4. The molecule has 4 N–H and O–H groups in total. The number of rotatable bonds is 8. The summed E-state index contributed by atoms with van der Waals surface area (Å²) in [5, 5.41) is 16.2. The highest BCUT2D eigenvalue weighted by atomic mass is 35.5. The van der Waals surface area contributed by atoms with Crippen LogP contribution in [0.3, 0.4) is 0 Å². The molecule has 146 valence electrons. The first-order valence-electron chi connectivity index (χ1n) is 8.15. The molecule has 1 aromatic rings. The first-order chi connectivity index (χ1) is 11.6. The summed E-state index contributed by atoms with van der Waals surface area (Å²) in [6, 6.07) is 4.54. The van der Waals surface area contributed by atoms with Gasteiger partial charge in [0.2, 0.25) is 5.91 Å². The Morgan fingerprint density at radius 1 is 1.31 bits per heavy atom. The van der Waals surface area contributed by atoms with Gasteiger partial charge in [0, 0.05) is 29.8 Å². The zero-order valence-electron chi connectivity index (χ0n) is 15.4. The van der Waals surface area contributed by atoms with Gasteiger partial charge in [0.25, 0.3) is 11.6 Å². The summed E-state index contributed by atoms with van der Waals surface area (Å²) < 4.78 is 0. The van der Waals surface area contributed by atoms with Crippen LogP contribution in [0.4, 0.5) is 5.69 Å².